The van der Waals surface area contributed by atoms with E-state index in [9.17, 15) is 0 Å². The van der Waals surface area contributed by atoms with E-state index in [0.717, 1.165) is 24.2 Å². The first-order valence-electron chi connectivity index (χ1n) is 8.19. The Hall–Kier alpha value is -1.59. The molecule has 0 spiro atoms. The highest BCUT2D eigenvalue weighted by Gasteiger charge is 2.17. The third-order valence-corrected chi connectivity index (χ3v) is 4.01. The van der Waals surface area contributed by atoms with Crippen LogP contribution < -0.4 is 10.6 Å². The van der Waals surface area contributed by atoms with E-state index in [-0.39, 0.29) is 5.41 Å². The van der Waals surface area contributed by atoms with Gasteiger partial charge < -0.3 is 15.2 Å². The van der Waals surface area contributed by atoms with Gasteiger partial charge in [-0.2, -0.15) is 0 Å². The Morgan fingerprint density at radius 3 is 2.50 bits per heavy atom. The van der Waals surface area contributed by atoms with Gasteiger partial charge in [-0.25, -0.2) is 0 Å². The Bertz CT molecular complexity index is 475. The van der Waals surface area contributed by atoms with Gasteiger partial charge in [0.15, 0.2) is 11.8 Å². The molecule has 1 aromatic heterocycles. The number of aromatic nitrogens is 3. The zero-order chi connectivity index (χ0) is 16.6. The first-order chi connectivity index (χ1) is 10.4. The van der Waals surface area contributed by atoms with Crippen LogP contribution in [-0.2, 0) is 13.6 Å². The molecule has 0 amide bonds. The summed E-state index contributed by atoms with van der Waals surface area (Å²) in [7, 11) is 3.76. The molecule has 0 saturated carbocycles. The molecule has 0 aliphatic heterocycles. The zero-order valence-corrected chi connectivity index (χ0v) is 15.0. The molecule has 0 bridgehead atoms. The standard InChI is InChI=1S/C16H32N6/c1-7-8-9-10-16(3,4)12-19-15(17-5)18-11-14-21-20-13(2)22(14)6/h7-12H2,1-6H3,(H2,17,18,19). The summed E-state index contributed by atoms with van der Waals surface area (Å²) in [6.07, 6.45) is 5.09. The Balaban J connectivity index is 2.41. The van der Waals surface area contributed by atoms with E-state index < -0.39 is 0 Å². The number of aryl methyl sites for hydroxylation is 1. The fourth-order valence-corrected chi connectivity index (χ4v) is 2.25. The van der Waals surface area contributed by atoms with Crippen molar-refractivity contribution in [1.82, 2.24) is 25.4 Å². The molecule has 0 aromatic carbocycles. The molecule has 6 heteroatoms. The lowest BCUT2D eigenvalue weighted by Gasteiger charge is -2.26. The highest BCUT2D eigenvalue weighted by molar-refractivity contribution is 5.79. The van der Waals surface area contributed by atoms with E-state index in [4.69, 9.17) is 0 Å². The maximum absolute atomic E-state index is 4.28. The van der Waals surface area contributed by atoms with E-state index in [0.29, 0.717) is 6.54 Å². The van der Waals surface area contributed by atoms with Gasteiger partial charge in [-0.1, -0.05) is 40.0 Å². The normalized spacial score (nSPS) is 12.5. The third-order valence-electron chi connectivity index (χ3n) is 4.01. The molecular formula is C16H32N6. The van der Waals surface area contributed by atoms with Crippen LogP contribution in [0.15, 0.2) is 4.99 Å². The summed E-state index contributed by atoms with van der Waals surface area (Å²) in [4.78, 5) is 4.28. The predicted octanol–water partition coefficient (Wildman–Crippen LogP) is 2.40. The van der Waals surface area contributed by atoms with Crippen molar-refractivity contribution in [1.29, 1.82) is 0 Å². The van der Waals surface area contributed by atoms with Crippen LogP contribution in [0.1, 0.15) is 58.1 Å². The quantitative estimate of drug-likeness (QED) is 0.440. The van der Waals surface area contributed by atoms with Gasteiger partial charge in [0.1, 0.15) is 5.82 Å². The van der Waals surface area contributed by atoms with Gasteiger partial charge in [0.05, 0.1) is 6.54 Å². The second kappa shape index (κ2) is 8.76. The Morgan fingerprint density at radius 2 is 1.95 bits per heavy atom. The number of nitrogens with zero attached hydrogens (tertiary/aromatic N) is 4. The highest BCUT2D eigenvalue weighted by Crippen LogP contribution is 2.22. The van der Waals surface area contributed by atoms with Gasteiger partial charge in [-0.05, 0) is 18.8 Å². The molecule has 0 radical (unpaired) electrons. The van der Waals surface area contributed by atoms with Gasteiger partial charge >= 0.3 is 0 Å². The number of aliphatic imine (C=N–C) groups is 1. The van der Waals surface area contributed by atoms with E-state index >= 15 is 0 Å². The predicted molar refractivity (Wildman–Crippen MR) is 91.9 cm³/mol. The van der Waals surface area contributed by atoms with Gasteiger partial charge in [-0.15, -0.1) is 10.2 Å². The topological polar surface area (TPSA) is 67.1 Å². The average Bonchev–Trinajstić information content (AvgIpc) is 2.79. The number of hydrogen-bond acceptors (Lipinski definition) is 3. The summed E-state index contributed by atoms with van der Waals surface area (Å²) in [5.41, 5.74) is 0.272. The number of guanidine groups is 1. The molecule has 0 fully saturated rings. The minimum Gasteiger partial charge on any atom is -0.356 e. The minimum atomic E-state index is 0.272. The molecule has 0 saturated heterocycles. The van der Waals surface area contributed by atoms with E-state index in [1.165, 1.54) is 25.7 Å². The summed E-state index contributed by atoms with van der Waals surface area (Å²) >= 11 is 0. The maximum Gasteiger partial charge on any atom is 0.191 e. The van der Waals surface area contributed by atoms with E-state index in [1.54, 1.807) is 7.05 Å². The lowest BCUT2D eigenvalue weighted by Crippen LogP contribution is -2.42. The van der Waals surface area contributed by atoms with Crippen LogP contribution in [0, 0.1) is 12.3 Å². The van der Waals surface area contributed by atoms with Crippen LogP contribution in [0.3, 0.4) is 0 Å². The third kappa shape index (κ3) is 6.03. The fourth-order valence-electron chi connectivity index (χ4n) is 2.25. The van der Waals surface area contributed by atoms with Crippen LogP contribution in [-0.4, -0.2) is 34.3 Å². The van der Waals surface area contributed by atoms with Gasteiger partial charge in [0, 0.05) is 20.6 Å². The van der Waals surface area contributed by atoms with Gasteiger partial charge in [-0.3, -0.25) is 4.99 Å². The molecule has 0 unspecified atom stereocenters. The lowest BCUT2D eigenvalue weighted by molar-refractivity contribution is 0.318. The van der Waals surface area contributed by atoms with Gasteiger partial charge in [0.2, 0.25) is 0 Å². The molecule has 1 heterocycles. The van der Waals surface area contributed by atoms with Crippen LogP contribution >= 0.6 is 0 Å². The zero-order valence-electron chi connectivity index (χ0n) is 15.0. The summed E-state index contributed by atoms with van der Waals surface area (Å²) in [6.45, 7) is 10.3. The van der Waals surface area contributed by atoms with Gasteiger partial charge in [0.25, 0.3) is 0 Å². The Morgan fingerprint density at radius 1 is 1.23 bits per heavy atom. The second-order valence-corrected chi connectivity index (χ2v) is 6.62. The smallest absolute Gasteiger partial charge is 0.191 e. The van der Waals surface area contributed by atoms with E-state index in [1.807, 2.05) is 18.5 Å². The summed E-state index contributed by atoms with van der Waals surface area (Å²) in [6, 6.07) is 0. The van der Waals surface area contributed by atoms with Crippen molar-refractivity contribution in [3.8, 4) is 0 Å². The lowest BCUT2D eigenvalue weighted by atomic mass is 9.87. The minimum absolute atomic E-state index is 0.272. The molecule has 22 heavy (non-hydrogen) atoms. The van der Waals surface area contributed by atoms with Crippen molar-refractivity contribution in [2.75, 3.05) is 13.6 Å². The Kier molecular flexibility index (Phi) is 7.35. The summed E-state index contributed by atoms with van der Waals surface area (Å²) in [5, 5.41) is 14.9. The van der Waals surface area contributed by atoms with Crippen molar-refractivity contribution in [2.45, 2.75) is 59.9 Å². The molecule has 0 aliphatic carbocycles. The number of rotatable bonds is 8. The first-order valence-corrected chi connectivity index (χ1v) is 8.19. The molecule has 0 aliphatic rings. The number of unbranched alkanes of at least 4 members (excludes halogenated alkanes) is 2. The van der Waals surface area contributed by atoms with E-state index in [2.05, 4.69) is 46.6 Å². The monoisotopic (exact) mass is 308 g/mol. The van der Waals surface area contributed by atoms with Crippen molar-refractivity contribution >= 4 is 5.96 Å². The van der Waals surface area contributed by atoms with Crippen LogP contribution in [0.4, 0.5) is 0 Å². The van der Waals surface area contributed by atoms with Crippen molar-refractivity contribution < 1.29 is 0 Å². The number of nitrogens with one attached hydrogen (secondary N) is 2. The molecule has 6 nitrogen and oxygen atoms in total. The second-order valence-electron chi connectivity index (χ2n) is 6.62. The number of hydrogen-bond donors (Lipinski definition) is 2. The molecular weight excluding hydrogens is 276 g/mol. The molecule has 2 N–H and O–H groups in total. The van der Waals surface area contributed by atoms with Crippen LogP contribution in [0.5, 0.6) is 0 Å². The molecule has 1 rings (SSSR count). The van der Waals surface area contributed by atoms with Crippen molar-refractivity contribution in [3.05, 3.63) is 11.6 Å². The first kappa shape index (κ1) is 18.5. The SMILES string of the molecule is CCCCCC(C)(C)CNC(=NC)NCc1nnc(C)n1C. The van der Waals surface area contributed by atoms with Crippen LogP contribution in [0.2, 0.25) is 0 Å². The summed E-state index contributed by atoms with van der Waals surface area (Å²) < 4.78 is 1.98. The fraction of sp³-hybridized carbons (Fsp3) is 0.812. The van der Waals surface area contributed by atoms with Crippen molar-refractivity contribution in [3.63, 3.8) is 0 Å². The highest BCUT2D eigenvalue weighted by atomic mass is 15.3. The van der Waals surface area contributed by atoms with Crippen LogP contribution in [0.25, 0.3) is 0 Å². The average molecular weight is 308 g/mol. The molecule has 1 aromatic rings. The summed E-state index contributed by atoms with van der Waals surface area (Å²) in [5.74, 6) is 2.63. The van der Waals surface area contributed by atoms with Crippen molar-refractivity contribution in [2.24, 2.45) is 17.5 Å². The Labute approximate surface area is 134 Å². The molecule has 0 atom stereocenters. The largest absolute Gasteiger partial charge is 0.356 e. The molecule has 126 valence electrons. The maximum atomic E-state index is 4.28.